The van der Waals surface area contributed by atoms with Gasteiger partial charge in [0.1, 0.15) is 12.0 Å². The maximum Gasteiger partial charge on any atom is 0.394 e. The molecule has 1 radical (unpaired) electrons. The zero-order valence-corrected chi connectivity index (χ0v) is 9.42. The van der Waals surface area contributed by atoms with Gasteiger partial charge in [0.05, 0.1) is 12.1 Å². The third-order valence-electron chi connectivity index (χ3n) is 2.00. The Kier molecular flexibility index (Phi) is 3.10. The zero-order valence-electron chi connectivity index (χ0n) is 8.66. The fourth-order valence-corrected chi connectivity index (χ4v) is 1.36. The molecular formula is C11H6ClFNO3. The Labute approximate surface area is 101 Å². The van der Waals surface area contributed by atoms with Crippen molar-refractivity contribution in [2.24, 2.45) is 0 Å². The lowest BCUT2D eigenvalue weighted by Gasteiger charge is -1.97. The second kappa shape index (κ2) is 4.55. The molecule has 2 rings (SSSR count). The topological polar surface area (TPSA) is 52.3 Å². The minimum atomic E-state index is -0.708. The molecule has 6 heteroatoms. The van der Waals surface area contributed by atoms with E-state index in [-0.39, 0.29) is 16.7 Å². The Morgan fingerprint density at radius 2 is 2.35 bits per heavy atom. The summed E-state index contributed by atoms with van der Waals surface area (Å²) in [4.78, 5) is 14.7. The van der Waals surface area contributed by atoms with E-state index in [0.29, 0.717) is 5.56 Å². The van der Waals surface area contributed by atoms with Crippen LogP contribution in [0.25, 0.3) is 11.3 Å². The Bertz CT molecular complexity index is 568. The second-order valence-electron chi connectivity index (χ2n) is 3.08. The number of hydrogen-bond acceptors (Lipinski definition) is 4. The van der Waals surface area contributed by atoms with Gasteiger partial charge in [-0.2, -0.15) is 0 Å². The lowest BCUT2D eigenvalue weighted by atomic mass is 10.2. The largest absolute Gasteiger partial charge is 0.462 e. The van der Waals surface area contributed by atoms with Gasteiger partial charge in [0.25, 0.3) is 0 Å². The van der Waals surface area contributed by atoms with E-state index < -0.39 is 11.8 Å². The molecule has 0 aliphatic rings. The average Bonchev–Trinajstić information content (AvgIpc) is 2.81. The molecule has 0 amide bonds. The minimum Gasteiger partial charge on any atom is -0.462 e. The molecule has 0 N–H and O–H groups in total. The van der Waals surface area contributed by atoms with E-state index in [4.69, 9.17) is 16.0 Å². The number of nitrogens with zero attached hydrogens (tertiary/aromatic N) is 1. The number of oxazole rings is 1. The van der Waals surface area contributed by atoms with E-state index in [0.717, 1.165) is 0 Å². The smallest absolute Gasteiger partial charge is 0.394 e. The number of esters is 1. The van der Waals surface area contributed by atoms with E-state index in [1.807, 2.05) is 0 Å². The summed E-state index contributed by atoms with van der Waals surface area (Å²) in [6.45, 7) is 0. The Morgan fingerprint density at radius 1 is 1.59 bits per heavy atom. The first-order valence-electron chi connectivity index (χ1n) is 4.54. The Hall–Kier alpha value is -1.88. The first-order valence-corrected chi connectivity index (χ1v) is 4.92. The number of methoxy groups -OCH3 is 1. The highest BCUT2D eigenvalue weighted by molar-refractivity contribution is 6.31. The van der Waals surface area contributed by atoms with Crippen molar-refractivity contribution in [3.63, 3.8) is 0 Å². The number of carbonyl (C=O) groups is 1. The van der Waals surface area contributed by atoms with E-state index in [2.05, 4.69) is 15.9 Å². The van der Waals surface area contributed by atoms with Gasteiger partial charge < -0.3 is 9.15 Å². The summed E-state index contributed by atoms with van der Waals surface area (Å²) >= 11 is 5.62. The highest BCUT2D eigenvalue weighted by Gasteiger charge is 2.15. The van der Waals surface area contributed by atoms with Crippen molar-refractivity contribution < 1.29 is 18.3 Å². The van der Waals surface area contributed by atoms with Crippen molar-refractivity contribution in [2.45, 2.75) is 0 Å². The summed E-state index contributed by atoms with van der Waals surface area (Å²) in [5.41, 5.74) is 0.471. The number of halogens is 2. The summed E-state index contributed by atoms with van der Waals surface area (Å²) in [6.07, 6.45) is 2.49. The standard InChI is InChI=1S/C11H6ClFNO3/c1-16-11(15)10-14-5-9(17-10)6-2-3-8(13)7(12)4-6/h2-4H,1H3. The summed E-state index contributed by atoms with van der Waals surface area (Å²) in [7, 11) is 1.21. The number of rotatable bonds is 2. The van der Waals surface area contributed by atoms with Crippen molar-refractivity contribution in [2.75, 3.05) is 7.11 Å². The molecular weight excluding hydrogens is 249 g/mol. The van der Waals surface area contributed by atoms with Gasteiger partial charge in [-0.05, 0) is 18.2 Å². The molecule has 4 nitrogen and oxygen atoms in total. The molecule has 17 heavy (non-hydrogen) atoms. The van der Waals surface area contributed by atoms with Crippen LogP contribution in [0.3, 0.4) is 0 Å². The van der Waals surface area contributed by atoms with Crippen LogP contribution < -0.4 is 0 Å². The molecule has 0 aliphatic heterocycles. The molecule has 1 heterocycles. The molecule has 1 aromatic heterocycles. The normalized spacial score (nSPS) is 10.3. The van der Waals surface area contributed by atoms with E-state index in [9.17, 15) is 9.18 Å². The summed E-state index contributed by atoms with van der Waals surface area (Å²) in [5, 5.41) is -0.0491. The maximum atomic E-state index is 12.9. The first kappa shape index (κ1) is 11.6. The highest BCUT2D eigenvalue weighted by atomic mass is 35.5. The Balaban J connectivity index is 2.37. The van der Waals surface area contributed by atoms with Gasteiger partial charge in [-0.3, -0.25) is 0 Å². The van der Waals surface area contributed by atoms with Crippen molar-refractivity contribution in [1.29, 1.82) is 0 Å². The van der Waals surface area contributed by atoms with E-state index in [1.54, 1.807) is 0 Å². The van der Waals surface area contributed by atoms with Crippen LogP contribution >= 0.6 is 11.6 Å². The number of benzene rings is 1. The zero-order chi connectivity index (χ0) is 12.4. The molecule has 0 fully saturated rings. The van der Waals surface area contributed by atoms with Crippen LogP contribution in [0.4, 0.5) is 4.39 Å². The molecule has 1 aromatic carbocycles. The molecule has 0 saturated heterocycles. The van der Waals surface area contributed by atoms with Crippen LogP contribution in [0.5, 0.6) is 0 Å². The SMILES string of the molecule is COC(=O)c1n[c]c(-c2ccc(F)c(Cl)c2)o1. The number of hydrogen-bond donors (Lipinski definition) is 0. The van der Waals surface area contributed by atoms with Gasteiger partial charge in [-0.1, -0.05) is 11.6 Å². The molecule has 0 spiro atoms. The predicted molar refractivity (Wildman–Crippen MR) is 57.1 cm³/mol. The van der Waals surface area contributed by atoms with Crippen LogP contribution in [0.1, 0.15) is 10.7 Å². The summed E-state index contributed by atoms with van der Waals surface area (Å²) in [6, 6.07) is 3.99. The molecule has 87 valence electrons. The summed E-state index contributed by atoms with van der Waals surface area (Å²) < 4.78 is 22.5. The van der Waals surface area contributed by atoms with Crippen LogP contribution in [0, 0.1) is 12.0 Å². The number of ether oxygens (including phenoxy) is 1. The van der Waals surface area contributed by atoms with Crippen LogP contribution in [0.2, 0.25) is 5.02 Å². The molecule has 0 atom stereocenters. The highest BCUT2D eigenvalue weighted by Crippen LogP contribution is 2.25. The Morgan fingerprint density at radius 3 is 3.00 bits per heavy atom. The van der Waals surface area contributed by atoms with Crippen molar-refractivity contribution in [3.05, 3.63) is 41.1 Å². The summed E-state index contributed by atoms with van der Waals surface area (Å²) in [5.74, 6) is -1.28. The van der Waals surface area contributed by atoms with Crippen LogP contribution in [-0.4, -0.2) is 18.1 Å². The van der Waals surface area contributed by atoms with Gasteiger partial charge in [0.2, 0.25) is 0 Å². The lowest BCUT2D eigenvalue weighted by Crippen LogP contribution is -2.00. The molecule has 2 aromatic rings. The van der Waals surface area contributed by atoms with Gasteiger partial charge in [-0.25, -0.2) is 14.2 Å². The lowest BCUT2D eigenvalue weighted by molar-refractivity contribution is 0.0557. The fourth-order valence-electron chi connectivity index (χ4n) is 1.18. The second-order valence-corrected chi connectivity index (χ2v) is 3.49. The van der Waals surface area contributed by atoms with E-state index >= 15 is 0 Å². The van der Waals surface area contributed by atoms with Crippen molar-refractivity contribution in [3.8, 4) is 11.3 Å². The van der Waals surface area contributed by atoms with Crippen LogP contribution in [-0.2, 0) is 4.74 Å². The molecule has 0 unspecified atom stereocenters. The maximum absolute atomic E-state index is 12.9. The number of carbonyl (C=O) groups excluding carboxylic acids is 1. The minimum absolute atomic E-state index is 0.0491. The predicted octanol–water partition coefficient (Wildman–Crippen LogP) is 2.72. The average molecular weight is 255 g/mol. The number of aromatic nitrogens is 1. The quantitative estimate of drug-likeness (QED) is 0.773. The van der Waals surface area contributed by atoms with E-state index in [1.165, 1.54) is 25.3 Å². The third kappa shape index (κ3) is 2.29. The molecule has 0 bridgehead atoms. The third-order valence-corrected chi connectivity index (χ3v) is 2.29. The van der Waals surface area contributed by atoms with Crippen molar-refractivity contribution >= 4 is 17.6 Å². The van der Waals surface area contributed by atoms with Gasteiger partial charge >= 0.3 is 11.9 Å². The van der Waals surface area contributed by atoms with Crippen LogP contribution in [0.15, 0.2) is 22.6 Å². The van der Waals surface area contributed by atoms with Crippen molar-refractivity contribution in [1.82, 2.24) is 4.98 Å². The molecule has 0 saturated carbocycles. The monoisotopic (exact) mass is 254 g/mol. The fraction of sp³-hybridized carbons (Fsp3) is 0.0909. The van der Waals surface area contributed by atoms with Gasteiger partial charge in [0, 0.05) is 5.56 Å². The van der Waals surface area contributed by atoms with Gasteiger partial charge in [-0.15, -0.1) is 0 Å². The first-order chi connectivity index (χ1) is 8.11. The molecule has 0 aliphatic carbocycles. The van der Waals surface area contributed by atoms with Gasteiger partial charge in [0.15, 0.2) is 5.76 Å².